The fraction of sp³-hybridized carbons (Fsp3) is 0.588. The number of hydrogen-bond donors (Lipinski definition) is 1. The van der Waals surface area contributed by atoms with Crippen LogP contribution in [0.15, 0.2) is 18.2 Å². The van der Waals surface area contributed by atoms with Gasteiger partial charge in [-0.25, -0.2) is 4.98 Å². The van der Waals surface area contributed by atoms with Gasteiger partial charge in [0.15, 0.2) is 0 Å². The van der Waals surface area contributed by atoms with Gasteiger partial charge in [-0.05, 0) is 43.9 Å². The smallest absolute Gasteiger partial charge is 0.114 e. The Morgan fingerprint density at radius 3 is 2.48 bits per heavy atom. The van der Waals surface area contributed by atoms with E-state index in [1.807, 2.05) is 12.1 Å². The molecular weight excluding hydrogens is 282 g/mol. The molecule has 2 aromatic rings. The van der Waals surface area contributed by atoms with Crippen molar-refractivity contribution in [3.8, 4) is 0 Å². The standard InChI is InChI=1S/C17H26ClN3/c1-11(2)21-15-7-6-13(18)8-14(15)20-16(21)12(10-19)9-17(3,4)5/h6-8,11-12H,9-10,19H2,1-5H3. The lowest BCUT2D eigenvalue weighted by molar-refractivity contribution is 0.329. The molecule has 3 nitrogen and oxygen atoms in total. The van der Waals surface area contributed by atoms with Gasteiger partial charge >= 0.3 is 0 Å². The lowest BCUT2D eigenvalue weighted by Gasteiger charge is -2.26. The van der Waals surface area contributed by atoms with E-state index < -0.39 is 0 Å². The zero-order valence-corrected chi connectivity index (χ0v) is 14.4. The number of nitrogens with two attached hydrogens (primary N) is 1. The van der Waals surface area contributed by atoms with Crippen LogP contribution in [0.2, 0.25) is 5.02 Å². The van der Waals surface area contributed by atoms with Gasteiger partial charge in [0.25, 0.3) is 0 Å². The molecule has 1 atom stereocenters. The molecule has 116 valence electrons. The van der Waals surface area contributed by atoms with Gasteiger partial charge < -0.3 is 10.3 Å². The molecule has 0 amide bonds. The van der Waals surface area contributed by atoms with Crippen molar-refractivity contribution >= 4 is 22.6 Å². The zero-order chi connectivity index (χ0) is 15.8. The minimum absolute atomic E-state index is 0.224. The summed E-state index contributed by atoms with van der Waals surface area (Å²) in [6.45, 7) is 11.7. The van der Waals surface area contributed by atoms with Crippen LogP contribution in [0.25, 0.3) is 11.0 Å². The number of aromatic nitrogens is 2. The second-order valence-electron chi connectivity index (χ2n) is 7.26. The van der Waals surface area contributed by atoms with Crippen molar-refractivity contribution in [2.24, 2.45) is 11.1 Å². The van der Waals surface area contributed by atoms with Crippen molar-refractivity contribution < 1.29 is 0 Å². The Morgan fingerprint density at radius 2 is 1.95 bits per heavy atom. The fourth-order valence-electron chi connectivity index (χ4n) is 2.94. The predicted octanol–water partition coefficient (Wildman–Crippen LogP) is 4.75. The Labute approximate surface area is 132 Å². The SMILES string of the molecule is CC(C)n1c(C(CN)CC(C)(C)C)nc2cc(Cl)ccc21. The molecule has 0 radical (unpaired) electrons. The number of hydrogen-bond acceptors (Lipinski definition) is 2. The third-order valence-electron chi connectivity index (χ3n) is 3.70. The van der Waals surface area contributed by atoms with Gasteiger partial charge in [0.2, 0.25) is 0 Å². The molecule has 1 aromatic carbocycles. The molecule has 2 rings (SSSR count). The molecule has 0 aliphatic heterocycles. The van der Waals surface area contributed by atoms with Gasteiger partial charge in [0.1, 0.15) is 5.82 Å². The Kier molecular flexibility index (Phi) is 4.64. The van der Waals surface area contributed by atoms with E-state index >= 15 is 0 Å². The molecule has 0 saturated carbocycles. The molecule has 1 heterocycles. The van der Waals surface area contributed by atoms with Crippen molar-refractivity contribution in [2.45, 2.75) is 53.0 Å². The highest BCUT2D eigenvalue weighted by molar-refractivity contribution is 6.31. The minimum atomic E-state index is 0.224. The summed E-state index contributed by atoms with van der Waals surface area (Å²) < 4.78 is 2.30. The van der Waals surface area contributed by atoms with Gasteiger partial charge in [0.05, 0.1) is 11.0 Å². The van der Waals surface area contributed by atoms with Crippen LogP contribution in [0.5, 0.6) is 0 Å². The molecule has 4 heteroatoms. The first-order valence-corrected chi connectivity index (χ1v) is 7.98. The molecule has 0 bridgehead atoms. The maximum Gasteiger partial charge on any atom is 0.114 e. The van der Waals surface area contributed by atoms with Gasteiger partial charge in [-0.1, -0.05) is 32.4 Å². The van der Waals surface area contributed by atoms with E-state index in [0.29, 0.717) is 12.6 Å². The van der Waals surface area contributed by atoms with E-state index in [1.54, 1.807) is 0 Å². The largest absolute Gasteiger partial charge is 0.330 e. The number of fused-ring (bicyclic) bond motifs is 1. The summed E-state index contributed by atoms with van der Waals surface area (Å²) in [6, 6.07) is 6.26. The second-order valence-corrected chi connectivity index (χ2v) is 7.70. The highest BCUT2D eigenvalue weighted by Gasteiger charge is 2.25. The maximum atomic E-state index is 6.11. The number of imidazole rings is 1. The topological polar surface area (TPSA) is 43.8 Å². The maximum absolute atomic E-state index is 6.11. The molecular formula is C17H26ClN3. The molecule has 21 heavy (non-hydrogen) atoms. The predicted molar refractivity (Wildman–Crippen MR) is 91.0 cm³/mol. The normalized spacial score (nSPS) is 14.1. The van der Waals surface area contributed by atoms with Crippen LogP contribution >= 0.6 is 11.6 Å². The molecule has 0 aliphatic carbocycles. The molecule has 1 unspecified atom stereocenters. The van der Waals surface area contributed by atoms with Gasteiger partial charge in [0, 0.05) is 23.5 Å². The number of halogens is 1. The van der Waals surface area contributed by atoms with Crippen molar-refractivity contribution in [3.05, 3.63) is 29.0 Å². The first-order valence-electron chi connectivity index (χ1n) is 7.60. The van der Waals surface area contributed by atoms with Crippen molar-refractivity contribution in [1.29, 1.82) is 0 Å². The molecule has 1 aromatic heterocycles. The number of rotatable bonds is 4. The molecule has 0 spiro atoms. The van der Waals surface area contributed by atoms with Crippen LogP contribution in [0, 0.1) is 5.41 Å². The Hall–Kier alpha value is -1.06. The fourth-order valence-corrected chi connectivity index (χ4v) is 3.11. The quantitative estimate of drug-likeness (QED) is 0.886. The van der Waals surface area contributed by atoms with Crippen LogP contribution < -0.4 is 5.73 Å². The summed E-state index contributed by atoms with van der Waals surface area (Å²) in [6.07, 6.45) is 1.02. The van der Waals surface area contributed by atoms with Gasteiger partial charge in [-0.2, -0.15) is 0 Å². The lowest BCUT2D eigenvalue weighted by Crippen LogP contribution is -2.23. The van der Waals surface area contributed by atoms with Crippen LogP contribution in [-0.4, -0.2) is 16.1 Å². The van der Waals surface area contributed by atoms with Crippen molar-refractivity contribution in [2.75, 3.05) is 6.54 Å². The Morgan fingerprint density at radius 1 is 1.29 bits per heavy atom. The lowest BCUT2D eigenvalue weighted by atomic mass is 9.84. The number of nitrogens with zero attached hydrogens (tertiary/aromatic N) is 2. The summed E-state index contributed by atoms with van der Waals surface area (Å²) >= 11 is 6.11. The van der Waals surface area contributed by atoms with Crippen LogP contribution in [0.4, 0.5) is 0 Å². The minimum Gasteiger partial charge on any atom is -0.330 e. The average Bonchev–Trinajstić information content (AvgIpc) is 2.72. The van der Waals surface area contributed by atoms with E-state index in [0.717, 1.165) is 28.3 Å². The Bertz CT molecular complexity index is 623. The van der Waals surface area contributed by atoms with Crippen molar-refractivity contribution in [1.82, 2.24) is 9.55 Å². The second kappa shape index (κ2) is 5.98. The summed E-state index contributed by atoms with van der Waals surface area (Å²) in [7, 11) is 0. The van der Waals surface area contributed by atoms with Gasteiger partial charge in [-0.3, -0.25) is 0 Å². The molecule has 0 aliphatic rings. The van der Waals surface area contributed by atoms with E-state index in [9.17, 15) is 0 Å². The summed E-state index contributed by atoms with van der Waals surface area (Å²) in [5.41, 5.74) is 8.37. The van der Waals surface area contributed by atoms with E-state index in [-0.39, 0.29) is 11.3 Å². The monoisotopic (exact) mass is 307 g/mol. The molecule has 0 fully saturated rings. The highest BCUT2D eigenvalue weighted by Crippen LogP contribution is 2.34. The Balaban J connectivity index is 2.58. The first-order chi connectivity index (χ1) is 9.73. The summed E-state index contributed by atoms with van der Waals surface area (Å²) in [5.74, 6) is 1.35. The highest BCUT2D eigenvalue weighted by atomic mass is 35.5. The van der Waals surface area contributed by atoms with Crippen molar-refractivity contribution in [3.63, 3.8) is 0 Å². The van der Waals surface area contributed by atoms with Crippen LogP contribution in [-0.2, 0) is 0 Å². The first kappa shape index (κ1) is 16.3. The molecule has 2 N–H and O–H groups in total. The number of benzene rings is 1. The van der Waals surface area contributed by atoms with E-state index in [4.69, 9.17) is 22.3 Å². The van der Waals surface area contributed by atoms with E-state index in [1.165, 1.54) is 0 Å². The molecule has 0 saturated heterocycles. The van der Waals surface area contributed by atoms with Gasteiger partial charge in [-0.15, -0.1) is 0 Å². The zero-order valence-electron chi connectivity index (χ0n) is 13.7. The van der Waals surface area contributed by atoms with E-state index in [2.05, 4.69) is 45.3 Å². The third kappa shape index (κ3) is 3.58. The summed E-state index contributed by atoms with van der Waals surface area (Å²) in [4.78, 5) is 4.85. The average molecular weight is 308 g/mol. The van der Waals surface area contributed by atoms with Crippen LogP contribution in [0.3, 0.4) is 0 Å². The van der Waals surface area contributed by atoms with Crippen LogP contribution in [0.1, 0.15) is 58.8 Å². The summed E-state index contributed by atoms with van der Waals surface area (Å²) in [5, 5.41) is 0.725. The third-order valence-corrected chi connectivity index (χ3v) is 3.94.